The monoisotopic (exact) mass is 846 g/mol. The quantitative estimate of drug-likeness (QED) is 0.0429. The Morgan fingerprint density at radius 2 is 1.72 bits per heavy atom. The first kappa shape index (κ1) is 47.4. The molecule has 16 heteroatoms. The standard InChI is InChI=1S/C42H50Cl2F2N4O8/c1-11-25(38(53)57-18-17-56-37(52)24(3)49-39(54)58-41(7,8)9)19-31(55-10)23(2)48-36(51)35-33(27-13-12-14-29(44)34(27)46)42(22-47,32(50-35)21-40(4,5)6)28-16-15-26(43)20-30(28)45/h11-16,19-20,24,32-33,35,50H,2,17-18,21H2,1,3-10H3,(H,48,51)(H,49,54)/b25-11+,31-19+/t24-,32?,33+,35-,42+/m1/s1. The number of methoxy groups -OCH3 is 1. The van der Waals surface area contributed by atoms with Gasteiger partial charge < -0.3 is 34.9 Å². The largest absolute Gasteiger partial charge is 0.495 e. The number of halogens is 4. The summed E-state index contributed by atoms with van der Waals surface area (Å²) in [5, 5.41) is 19.1. The van der Waals surface area contributed by atoms with E-state index in [9.17, 15) is 24.4 Å². The Morgan fingerprint density at radius 1 is 1.07 bits per heavy atom. The maximum Gasteiger partial charge on any atom is 0.408 e. The SMILES string of the molecule is C=C(NC(=O)[C@@H]1NC(CC(C)(C)C)[C@](C#N)(c2ccc(Cl)cc2F)[C@H]1c1cccc(Cl)c1F)/C(=C\C(=C/C)C(=O)OCCOC(=O)[C@@H](C)NC(=O)OC(C)(C)C)OC. The topological polar surface area (TPSA) is 165 Å². The average Bonchev–Trinajstić information content (AvgIpc) is 3.43. The average molecular weight is 848 g/mol. The van der Waals surface area contributed by atoms with Crippen molar-refractivity contribution in [3.05, 3.63) is 105 Å². The first-order valence-electron chi connectivity index (χ1n) is 18.3. The normalized spacial score (nSPS) is 20.3. The lowest BCUT2D eigenvalue weighted by molar-refractivity contribution is -0.151. The molecule has 3 rings (SSSR count). The van der Waals surface area contributed by atoms with Crippen LogP contribution in [0.15, 0.2) is 72.2 Å². The van der Waals surface area contributed by atoms with E-state index in [1.165, 1.54) is 56.5 Å². The van der Waals surface area contributed by atoms with Gasteiger partial charge in [0.1, 0.15) is 47.7 Å². The molecular formula is C42H50Cl2F2N4O8. The number of ether oxygens (including phenoxy) is 4. The molecule has 1 heterocycles. The summed E-state index contributed by atoms with van der Waals surface area (Å²) < 4.78 is 52.9. The first-order chi connectivity index (χ1) is 27.0. The molecule has 0 radical (unpaired) electrons. The number of esters is 2. The third-order valence-electron chi connectivity index (χ3n) is 9.00. The second-order valence-corrected chi connectivity index (χ2v) is 16.6. The highest BCUT2D eigenvalue weighted by molar-refractivity contribution is 6.31. The number of benzene rings is 2. The minimum Gasteiger partial charge on any atom is -0.495 e. The third kappa shape index (κ3) is 11.8. The van der Waals surface area contributed by atoms with Gasteiger partial charge in [0.05, 0.1) is 35.5 Å². The second-order valence-electron chi connectivity index (χ2n) is 15.8. The number of alkyl carbamates (subject to hydrolysis) is 1. The number of nitrogens with zero attached hydrogens (tertiary/aromatic N) is 1. The molecule has 2 amide bonds. The molecule has 1 aliphatic rings. The van der Waals surface area contributed by atoms with Gasteiger partial charge in [0, 0.05) is 22.5 Å². The van der Waals surface area contributed by atoms with Gasteiger partial charge in [-0.3, -0.25) is 4.79 Å². The molecule has 0 spiro atoms. The van der Waals surface area contributed by atoms with Crippen molar-refractivity contribution in [3.8, 4) is 6.07 Å². The molecule has 0 aromatic heterocycles. The van der Waals surface area contributed by atoms with Crippen LogP contribution in [0.3, 0.4) is 0 Å². The third-order valence-corrected chi connectivity index (χ3v) is 9.53. The Kier molecular flexibility index (Phi) is 16.1. The lowest BCUT2D eigenvalue weighted by Gasteiger charge is -2.37. The fourth-order valence-corrected chi connectivity index (χ4v) is 6.88. The number of allylic oxidation sites excluding steroid dienone is 1. The number of nitrogens with one attached hydrogen (secondary N) is 3. The van der Waals surface area contributed by atoms with Gasteiger partial charge in [-0.15, -0.1) is 0 Å². The summed E-state index contributed by atoms with van der Waals surface area (Å²) >= 11 is 12.3. The van der Waals surface area contributed by atoms with E-state index in [4.69, 9.17) is 42.1 Å². The summed E-state index contributed by atoms with van der Waals surface area (Å²) in [7, 11) is 1.27. The summed E-state index contributed by atoms with van der Waals surface area (Å²) in [5.74, 6) is -5.50. The van der Waals surface area contributed by atoms with Gasteiger partial charge in [-0.2, -0.15) is 5.26 Å². The number of rotatable bonds is 14. The molecule has 58 heavy (non-hydrogen) atoms. The molecule has 5 atom stereocenters. The predicted molar refractivity (Wildman–Crippen MR) is 215 cm³/mol. The fourth-order valence-electron chi connectivity index (χ4n) is 6.54. The van der Waals surface area contributed by atoms with Gasteiger partial charge >= 0.3 is 18.0 Å². The van der Waals surface area contributed by atoms with Crippen LogP contribution in [0.25, 0.3) is 0 Å². The zero-order chi connectivity index (χ0) is 43.7. The highest BCUT2D eigenvalue weighted by atomic mass is 35.5. The molecule has 1 aliphatic heterocycles. The molecule has 12 nitrogen and oxygen atoms in total. The summed E-state index contributed by atoms with van der Waals surface area (Å²) in [4.78, 5) is 51.6. The molecule has 0 saturated carbocycles. The van der Waals surface area contributed by atoms with E-state index >= 15 is 8.78 Å². The van der Waals surface area contributed by atoms with Gasteiger partial charge in [-0.25, -0.2) is 23.2 Å². The van der Waals surface area contributed by atoms with Crippen LogP contribution in [0.2, 0.25) is 10.0 Å². The van der Waals surface area contributed by atoms with Crippen LogP contribution in [0.1, 0.15) is 78.9 Å². The van der Waals surface area contributed by atoms with Crippen molar-refractivity contribution in [2.24, 2.45) is 5.41 Å². The Hall–Kier alpha value is -4.97. The first-order valence-corrected chi connectivity index (χ1v) is 19.1. The van der Waals surface area contributed by atoms with Crippen molar-refractivity contribution in [2.75, 3.05) is 20.3 Å². The van der Waals surface area contributed by atoms with Gasteiger partial charge in [0.15, 0.2) is 0 Å². The summed E-state index contributed by atoms with van der Waals surface area (Å²) in [6, 6.07) is 7.03. The number of hydrogen-bond donors (Lipinski definition) is 3. The van der Waals surface area contributed by atoms with E-state index in [1.807, 2.05) is 20.8 Å². The molecule has 314 valence electrons. The Balaban J connectivity index is 1.87. The highest BCUT2D eigenvalue weighted by Gasteiger charge is 2.61. The number of carbonyl (C=O) groups excluding carboxylic acids is 4. The van der Waals surface area contributed by atoms with E-state index in [0.717, 1.165) is 6.07 Å². The van der Waals surface area contributed by atoms with Crippen LogP contribution in [0.5, 0.6) is 0 Å². The number of hydrogen-bond acceptors (Lipinski definition) is 10. The predicted octanol–water partition coefficient (Wildman–Crippen LogP) is 7.70. The lowest BCUT2D eigenvalue weighted by Crippen LogP contribution is -2.45. The Labute approximate surface area is 347 Å². The smallest absolute Gasteiger partial charge is 0.408 e. The summed E-state index contributed by atoms with van der Waals surface area (Å²) in [6.45, 7) is 17.0. The van der Waals surface area contributed by atoms with E-state index in [2.05, 4.69) is 28.6 Å². The van der Waals surface area contributed by atoms with Crippen LogP contribution in [0.4, 0.5) is 13.6 Å². The molecule has 1 fully saturated rings. The van der Waals surface area contributed by atoms with Crippen LogP contribution >= 0.6 is 23.2 Å². The van der Waals surface area contributed by atoms with E-state index in [0.29, 0.717) is 0 Å². The van der Waals surface area contributed by atoms with Crippen molar-refractivity contribution in [1.82, 2.24) is 16.0 Å². The minimum atomic E-state index is -1.86. The molecule has 1 saturated heterocycles. The van der Waals surface area contributed by atoms with E-state index < -0.39 is 76.0 Å². The van der Waals surface area contributed by atoms with Crippen LogP contribution < -0.4 is 16.0 Å². The summed E-state index contributed by atoms with van der Waals surface area (Å²) in [5.41, 5.74) is -3.42. The van der Waals surface area contributed by atoms with Crippen molar-refractivity contribution in [2.45, 2.75) is 96.9 Å². The molecule has 2 aromatic rings. The molecule has 3 N–H and O–H groups in total. The highest BCUT2D eigenvalue weighted by Crippen LogP contribution is 2.52. The number of carbonyl (C=O) groups is 4. The number of nitriles is 1. The minimum absolute atomic E-state index is 0.0247. The van der Waals surface area contributed by atoms with Crippen molar-refractivity contribution in [1.29, 1.82) is 5.26 Å². The molecule has 0 bridgehead atoms. The summed E-state index contributed by atoms with van der Waals surface area (Å²) in [6.07, 6.45) is 2.11. The number of amides is 2. The van der Waals surface area contributed by atoms with Crippen molar-refractivity contribution >= 4 is 47.1 Å². The van der Waals surface area contributed by atoms with Crippen molar-refractivity contribution < 1.29 is 46.9 Å². The van der Waals surface area contributed by atoms with Gasteiger partial charge in [0.2, 0.25) is 5.91 Å². The maximum atomic E-state index is 16.0. The van der Waals surface area contributed by atoms with Gasteiger partial charge in [0.25, 0.3) is 0 Å². The maximum absolute atomic E-state index is 16.0. The second kappa shape index (κ2) is 19.7. The zero-order valence-corrected chi connectivity index (χ0v) is 35.5. The van der Waals surface area contributed by atoms with Crippen LogP contribution in [0, 0.1) is 28.4 Å². The van der Waals surface area contributed by atoms with Crippen LogP contribution in [-0.2, 0) is 38.7 Å². The molecular weight excluding hydrogens is 797 g/mol. The zero-order valence-electron chi connectivity index (χ0n) is 34.0. The van der Waals surface area contributed by atoms with Crippen LogP contribution in [-0.4, -0.2) is 68.0 Å². The Bertz CT molecular complexity index is 2000. The molecule has 1 unspecified atom stereocenters. The molecule has 0 aliphatic carbocycles. The fraction of sp³-hybridized carbons (Fsp3) is 0.452. The van der Waals surface area contributed by atoms with Crippen molar-refractivity contribution in [3.63, 3.8) is 0 Å². The lowest BCUT2D eigenvalue weighted by atomic mass is 9.62. The Morgan fingerprint density at radius 3 is 2.29 bits per heavy atom. The molecule has 2 aromatic carbocycles. The van der Waals surface area contributed by atoms with Gasteiger partial charge in [-0.1, -0.05) is 74.8 Å². The van der Waals surface area contributed by atoms with E-state index in [-0.39, 0.29) is 57.8 Å². The van der Waals surface area contributed by atoms with E-state index in [1.54, 1.807) is 27.7 Å². The van der Waals surface area contributed by atoms with Gasteiger partial charge in [-0.05, 0) is 76.3 Å².